The summed E-state index contributed by atoms with van der Waals surface area (Å²) < 4.78 is 13.1. The Morgan fingerprint density at radius 3 is 2.61 bits per heavy atom. The average Bonchev–Trinajstić information content (AvgIpc) is 3.26. The van der Waals surface area contributed by atoms with E-state index in [2.05, 4.69) is 23.3 Å². The lowest BCUT2D eigenvalue weighted by molar-refractivity contribution is -0.384. The van der Waals surface area contributed by atoms with Crippen LogP contribution in [-0.4, -0.2) is 15.8 Å². The molecule has 33 heavy (non-hydrogen) atoms. The zero-order valence-electron chi connectivity index (χ0n) is 18.2. The van der Waals surface area contributed by atoms with Gasteiger partial charge in [0.25, 0.3) is 5.69 Å². The van der Waals surface area contributed by atoms with Crippen LogP contribution in [0, 0.1) is 15.9 Å². The smallest absolute Gasteiger partial charge is 0.269 e. The van der Waals surface area contributed by atoms with E-state index in [4.69, 9.17) is 0 Å². The van der Waals surface area contributed by atoms with E-state index in [1.807, 2.05) is 24.4 Å². The van der Waals surface area contributed by atoms with E-state index < -0.39 is 4.92 Å². The minimum atomic E-state index is -0.431. The Kier molecular flexibility index (Phi) is 6.49. The summed E-state index contributed by atoms with van der Waals surface area (Å²) in [7, 11) is 0. The van der Waals surface area contributed by atoms with Crippen molar-refractivity contribution in [3.63, 3.8) is 0 Å². The number of aromatic amines is 1. The van der Waals surface area contributed by atoms with Crippen LogP contribution in [0.3, 0.4) is 0 Å². The molecule has 0 bridgehead atoms. The summed E-state index contributed by atoms with van der Waals surface area (Å²) >= 11 is 0. The lowest BCUT2D eigenvalue weighted by Crippen LogP contribution is -2.25. The van der Waals surface area contributed by atoms with Gasteiger partial charge in [-0.2, -0.15) is 0 Å². The molecule has 1 aromatic heterocycles. The number of non-ortho nitro benzene ring substituents is 1. The SMILES string of the molecule is CCc1cccc2c(C(CC(=O)NCc3ccc(F)cc3)c3cccc([N+](=O)[O-])c3)c[nH]c12. The molecule has 0 saturated heterocycles. The number of para-hydroxylation sites is 1. The summed E-state index contributed by atoms with van der Waals surface area (Å²) in [6, 6.07) is 18.4. The topological polar surface area (TPSA) is 88.0 Å². The number of carbonyl (C=O) groups is 1. The number of hydrogen-bond donors (Lipinski definition) is 2. The summed E-state index contributed by atoms with van der Waals surface area (Å²) in [4.78, 5) is 27.2. The molecular formula is C26H24FN3O3. The number of amides is 1. The number of rotatable bonds is 8. The predicted molar refractivity (Wildman–Crippen MR) is 125 cm³/mol. The normalized spacial score (nSPS) is 11.9. The first-order valence-electron chi connectivity index (χ1n) is 10.8. The number of nitro benzene ring substituents is 1. The number of nitro groups is 1. The van der Waals surface area contributed by atoms with E-state index in [9.17, 15) is 19.3 Å². The number of carbonyl (C=O) groups excluding carboxylic acids is 1. The molecule has 1 amide bonds. The van der Waals surface area contributed by atoms with Crippen molar-refractivity contribution < 1.29 is 14.1 Å². The van der Waals surface area contributed by atoms with Gasteiger partial charge in [-0.05, 0) is 40.8 Å². The summed E-state index contributed by atoms with van der Waals surface area (Å²) in [5, 5.41) is 15.2. The van der Waals surface area contributed by atoms with Crippen molar-refractivity contribution in [1.29, 1.82) is 0 Å². The molecule has 0 aliphatic heterocycles. The Labute approximate surface area is 190 Å². The molecule has 168 valence electrons. The van der Waals surface area contributed by atoms with Crippen LogP contribution in [0.5, 0.6) is 0 Å². The second-order valence-corrected chi connectivity index (χ2v) is 7.95. The van der Waals surface area contributed by atoms with E-state index in [1.165, 1.54) is 24.3 Å². The molecular weight excluding hydrogens is 421 g/mol. The summed E-state index contributed by atoms with van der Waals surface area (Å²) in [6.45, 7) is 2.35. The third-order valence-electron chi connectivity index (χ3n) is 5.87. The fraction of sp³-hybridized carbons (Fsp3) is 0.192. The Morgan fingerprint density at radius 2 is 1.88 bits per heavy atom. The van der Waals surface area contributed by atoms with Crippen molar-refractivity contribution in [3.05, 3.63) is 111 Å². The van der Waals surface area contributed by atoms with E-state index in [0.717, 1.165) is 34.0 Å². The van der Waals surface area contributed by atoms with Gasteiger partial charge in [-0.15, -0.1) is 0 Å². The first-order chi connectivity index (χ1) is 16.0. The van der Waals surface area contributed by atoms with Gasteiger partial charge in [-0.3, -0.25) is 14.9 Å². The largest absolute Gasteiger partial charge is 0.361 e. The van der Waals surface area contributed by atoms with Crippen molar-refractivity contribution >= 4 is 22.5 Å². The van der Waals surface area contributed by atoms with E-state index in [-0.39, 0.29) is 36.3 Å². The maximum absolute atomic E-state index is 13.1. The van der Waals surface area contributed by atoms with Gasteiger partial charge in [-0.1, -0.05) is 49.4 Å². The van der Waals surface area contributed by atoms with Gasteiger partial charge in [0.2, 0.25) is 5.91 Å². The van der Waals surface area contributed by atoms with Gasteiger partial charge in [0.05, 0.1) is 4.92 Å². The monoisotopic (exact) mass is 445 g/mol. The highest BCUT2D eigenvalue weighted by molar-refractivity contribution is 5.88. The molecule has 0 aliphatic rings. The van der Waals surface area contributed by atoms with Crippen LogP contribution in [0.25, 0.3) is 10.9 Å². The number of H-pyrrole nitrogens is 1. The van der Waals surface area contributed by atoms with Crippen molar-refractivity contribution in [2.75, 3.05) is 0 Å². The number of halogens is 1. The highest BCUT2D eigenvalue weighted by atomic mass is 19.1. The van der Waals surface area contributed by atoms with Gasteiger partial charge in [0, 0.05) is 48.1 Å². The Bertz CT molecular complexity index is 1300. The van der Waals surface area contributed by atoms with Gasteiger partial charge in [0.1, 0.15) is 5.82 Å². The minimum absolute atomic E-state index is 0.0155. The number of aromatic nitrogens is 1. The summed E-state index contributed by atoms with van der Waals surface area (Å²) in [5.41, 5.74) is 4.56. The zero-order chi connectivity index (χ0) is 23.4. The van der Waals surface area contributed by atoms with Crippen LogP contribution >= 0.6 is 0 Å². The molecule has 7 heteroatoms. The van der Waals surface area contributed by atoms with E-state index >= 15 is 0 Å². The molecule has 1 heterocycles. The molecule has 1 atom stereocenters. The van der Waals surface area contributed by atoms with Crippen LogP contribution in [0.2, 0.25) is 0 Å². The van der Waals surface area contributed by atoms with Crippen molar-refractivity contribution in [2.45, 2.75) is 32.2 Å². The second-order valence-electron chi connectivity index (χ2n) is 7.95. The second kappa shape index (κ2) is 9.65. The number of aryl methyl sites for hydroxylation is 1. The third-order valence-corrected chi connectivity index (χ3v) is 5.87. The van der Waals surface area contributed by atoms with E-state index in [1.54, 1.807) is 18.2 Å². The quantitative estimate of drug-likeness (QED) is 0.273. The number of nitrogens with one attached hydrogen (secondary N) is 2. The van der Waals surface area contributed by atoms with Gasteiger partial charge >= 0.3 is 0 Å². The third kappa shape index (κ3) is 4.92. The van der Waals surface area contributed by atoms with Crippen LogP contribution in [0.15, 0.2) is 72.9 Å². The summed E-state index contributed by atoms with van der Waals surface area (Å²) in [6.07, 6.45) is 2.86. The predicted octanol–water partition coefficient (Wildman–Crippen LogP) is 5.62. The fourth-order valence-electron chi connectivity index (χ4n) is 4.14. The number of benzene rings is 3. The first kappa shape index (κ1) is 22.2. The fourth-order valence-corrected chi connectivity index (χ4v) is 4.14. The lowest BCUT2D eigenvalue weighted by Gasteiger charge is -2.17. The molecule has 4 rings (SSSR count). The van der Waals surface area contributed by atoms with Crippen LogP contribution in [0.1, 0.15) is 41.5 Å². The maximum Gasteiger partial charge on any atom is 0.269 e. The zero-order valence-corrected chi connectivity index (χ0v) is 18.2. The lowest BCUT2D eigenvalue weighted by atomic mass is 9.87. The van der Waals surface area contributed by atoms with Crippen molar-refractivity contribution in [2.24, 2.45) is 0 Å². The summed E-state index contributed by atoms with van der Waals surface area (Å²) in [5.74, 6) is -0.905. The van der Waals surface area contributed by atoms with Gasteiger partial charge in [0.15, 0.2) is 0 Å². The molecule has 0 spiro atoms. The van der Waals surface area contributed by atoms with Crippen LogP contribution in [0.4, 0.5) is 10.1 Å². The Morgan fingerprint density at radius 1 is 1.12 bits per heavy atom. The molecule has 0 radical (unpaired) electrons. The van der Waals surface area contributed by atoms with Crippen molar-refractivity contribution in [1.82, 2.24) is 10.3 Å². The molecule has 6 nitrogen and oxygen atoms in total. The van der Waals surface area contributed by atoms with Crippen LogP contribution in [-0.2, 0) is 17.8 Å². The number of fused-ring (bicyclic) bond motifs is 1. The van der Waals surface area contributed by atoms with E-state index in [0.29, 0.717) is 5.56 Å². The molecule has 0 saturated carbocycles. The minimum Gasteiger partial charge on any atom is -0.361 e. The highest BCUT2D eigenvalue weighted by Crippen LogP contribution is 2.35. The Hall–Kier alpha value is -4.00. The van der Waals surface area contributed by atoms with Crippen LogP contribution < -0.4 is 5.32 Å². The molecule has 1 unspecified atom stereocenters. The maximum atomic E-state index is 13.1. The average molecular weight is 445 g/mol. The number of hydrogen-bond acceptors (Lipinski definition) is 3. The first-order valence-corrected chi connectivity index (χ1v) is 10.8. The highest BCUT2D eigenvalue weighted by Gasteiger charge is 2.23. The van der Waals surface area contributed by atoms with Crippen molar-refractivity contribution in [3.8, 4) is 0 Å². The molecule has 0 fully saturated rings. The Balaban J connectivity index is 1.66. The molecule has 2 N–H and O–H groups in total. The molecule has 4 aromatic rings. The molecule has 0 aliphatic carbocycles. The van der Waals surface area contributed by atoms with Gasteiger partial charge < -0.3 is 10.3 Å². The molecule has 3 aromatic carbocycles. The van der Waals surface area contributed by atoms with Gasteiger partial charge in [-0.25, -0.2) is 4.39 Å². The number of nitrogens with zero attached hydrogens (tertiary/aromatic N) is 1. The standard InChI is InChI=1S/C26H24FN3O3/c1-2-18-5-4-8-22-24(16-29-26(18)22)23(19-6-3-7-21(13-19)30(32)33)14-25(31)28-15-17-9-11-20(27)12-10-17/h3-13,16,23,29H,2,14-15H2,1H3,(H,28,31).